The van der Waals surface area contributed by atoms with Gasteiger partial charge in [0.25, 0.3) is 0 Å². The van der Waals surface area contributed by atoms with Crippen LogP contribution in [0.25, 0.3) is 0 Å². The Kier molecular flexibility index (Phi) is 2.80. The van der Waals surface area contributed by atoms with Gasteiger partial charge in [-0.05, 0) is 29.0 Å². The molecule has 1 fully saturated rings. The highest BCUT2D eigenvalue weighted by Gasteiger charge is 2.61. The van der Waals surface area contributed by atoms with Crippen molar-refractivity contribution in [1.82, 2.24) is 0 Å². The van der Waals surface area contributed by atoms with Gasteiger partial charge in [0.15, 0.2) is 5.83 Å². The van der Waals surface area contributed by atoms with Crippen molar-refractivity contribution in [3.05, 3.63) is 11.9 Å². The summed E-state index contributed by atoms with van der Waals surface area (Å²) >= 11 is 4.45. The van der Waals surface area contributed by atoms with E-state index in [1.165, 1.54) is 0 Å². The van der Waals surface area contributed by atoms with Crippen LogP contribution in [0.15, 0.2) is 11.9 Å². The summed E-state index contributed by atoms with van der Waals surface area (Å²) in [6.45, 7) is 3.15. The van der Waals surface area contributed by atoms with Crippen LogP contribution in [0.3, 0.4) is 0 Å². The van der Waals surface area contributed by atoms with Gasteiger partial charge in [0, 0.05) is 0 Å². The standard InChI is InChI=1S/C9H10ClF3O2/c1-8(2)4(6(8)7(14)15)3-5(11)9(10,12)13/h3-4,6H,1-2H3,(H,14,15)/t4-,6+/m1/s1. The number of aliphatic carboxylic acids is 1. The largest absolute Gasteiger partial charge is 0.481 e. The van der Waals surface area contributed by atoms with Gasteiger partial charge in [0.1, 0.15) is 0 Å². The van der Waals surface area contributed by atoms with E-state index < -0.39 is 34.4 Å². The Morgan fingerprint density at radius 2 is 2.00 bits per heavy atom. The van der Waals surface area contributed by atoms with Crippen LogP contribution in [0.5, 0.6) is 0 Å². The van der Waals surface area contributed by atoms with Crippen LogP contribution in [0.4, 0.5) is 13.2 Å². The van der Waals surface area contributed by atoms with Crippen LogP contribution in [-0.2, 0) is 4.79 Å². The molecule has 0 heterocycles. The molecule has 0 spiro atoms. The van der Waals surface area contributed by atoms with Crippen LogP contribution in [0.1, 0.15) is 13.8 Å². The predicted octanol–water partition coefficient (Wildman–Crippen LogP) is 3.03. The average Bonchev–Trinajstić information content (AvgIpc) is 2.50. The number of hydrogen-bond acceptors (Lipinski definition) is 1. The van der Waals surface area contributed by atoms with Crippen molar-refractivity contribution in [3.8, 4) is 0 Å². The van der Waals surface area contributed by atoms with Crippen LogP contribution in [-0.4, -0.2) is 16.5 Å². The fourth-order valence-corrected chi connectivity index (χ4v) is 1.78. The molecule has 0 aromatic carbocycles. The number of halogens is 4. The quantitative estimate of drug-likeness (QED) is 0.773. The van der Waals surface area contributed by atoms with Gasteiger partial charge < -0.3 is 5.11 Å². The molecule has 1 aliphatic carbocycles. The van der Waals surface area contributed by atoms with Gasteiger partial charge in [-0.1, -0.05) is 13.8 Å². The van der Waals surface area contributed by atoms with Gasteiger partial charge in [-0.2, -0.15) is 8.78 Å². The Bertz CT molecular complexity index is 320. The van der Waals surface area contributed by atoms with Crippen molar-refractivity contribution < 1.29 is 23.1 Å². The molecule has 2 nitrogen and oxygen atoms in total. The molecule has 6 heteroatoms. The molecule has 0 aromatic rings. The van der Waals surface area contributed by atoms with E-state index in [1.807, 2.05) is 0 Å². The average molecular weight is 243 g/mol. The highest BCUT2D eigenvalue weighted by Crippen LogP contribution is 2.59. The minimum atomic E-state index is -4.05. The Morgan fingerprint density at radius 1 is 1.53 bits per heavy atom. The molecule has 1 rings (SSSR count). The lowest BCUT2D eigenvalue weighted by molar-refractivity contribution is -0.139. The van der Waals surface area contributed by atoms with Gasteiger partial charge in [-0.15, -0.1) is 0 Å². The first-order valence-electron chi connectivity index (χ1n) is 4.26. The first-order valence-corrected chi connectivity index (χ1v) is 4.63. The van der Waals surface area contributed by atoms with E-state index in [2.05, 4.69) is 11.6 Å². The minimum absolute atomic E-state index is 0.603. The first kappa shape index (κ1) is 12.4. The maximum Gasteiger partial charge on any atom is 0.373 e. The van der Waals surface area contributed by atoms with Crippen molar-refractivity contribution in [2.24, 2.45) is 17.3 Å². The fourth-order valence-electron chi connectivity index (χ4n) is 1.71. The Labute approximate surface area is 89.7 Å². The molecule has 86 valence electrons. The second kappa shape index (κ2) is 3.40. The summed E-state index contributed by atoms with van der Waals surface area (Å²) in [7, 11) is 0. The molecular formula is C9H10ClF3O2. The van der Waals surface area contributed by atoms with Gasteiger partial charge in [0.2, 0.25) is 0 Å². The Morgan fingerprint density at radius 3 is 2.27 bits per heavy atom. The Hall–Kier alpha value is -0.710. The summed E-state index contributed by atoms with van der Waals surface area (Å²) < 4.78 is 37.3. The van der Waals surface area contributed by atoms with E-state index in [0.29, 0.717) is 6.08 Å². The van der Waals surface area contributed by atoms with Gasteiger partial charge in [-0.25, -0.2) is 4.39 Å². The lowest BCUT2D eigenvalue weighted by Gasteiger charge is -2.04. The highest BCUT2D eigenvalue weighted by atomic mass is 35.5. The summed E-state index contributed by atoms with van der Waals surface area (Å²) in [6, 6.07) is 0. The number of hydrogen-bond donors (Lipinski definition) is 1. The molecule has 0 bridgehead atoms. The van der Waals surface area contributed by atoms with Crippen LogP contribution in [0.2, 0.25) is 0 Å². The Balaban J connectivity index is 2.83. The summed E-state index contributed by atoms with van der Waals surface area (Å²) in [5.41, 5.74) is -0.703. The van der Waals surface area contributed by atoms with Gasteiger partial charge in [0.05, 0.1) is 5.92 Å². The van der Waals surface area contributed by atoms with E-state index in [4.69, 9.17) is 5.11 Å². The number of carboxylic acids is 1. The maximum atomic E-state index is 12.8. The fraction of sp³-hybridized carbons (Fsp3) is 0.667. The molecule has 1 aliphatic rings. The van der Waals surface area contributed by atoms with Crippen LogP contribution >= 0.6 is 11.6 Å². The summed E-state index contributed by atoms with van der Waals surface area (Å²) in [5.74, 6) is -4.47. The molecule has 0 aromatic heterocycles. The number of alkyl halides is 3. The maximum absolute atomic E-state index is 12.8. The number of carbonyl (C=O) groups is 1. The lowest BCUT2D eigenvalue weighted by atomic mass is 10.1. The van der Waals surface area contributed by atoms with E-state index in [0.717, 1.165) is 0 Å². The van der Waals surface area contributed by atoms with Crippen molar-refractivity contribution in [3.63, 3.8) is 0 Å². The second-order valence-corrected chi connectivity index (χ2v) is 4.65. The van der Waals surface area contributed by atoms with Gasteiger partial charge >= 0.3 is 11.4 Å². The smallest absolute Gasteiger partial charge is 0.373 e. The van der Waals surface area contributed by atoms with Crippen LogP contribution < -0.4 is 0 Å². The zero-order valence-corrected chi connectivity index (χ0v) is 8.86. The molecule has 1 saturated carbocycles. The predicted molar refractivity (Wildman–Crippen MR) is 48.4 cm³/mol. The molecule has 2 atom stereocenters. The van der Waals surface area contributed by atoms with Crippen molar-refractivity contribution in [2.45, 2.75) is 19.2 Å². The zero-order valence-electron chi connectivity index (χ0n) is 8.10. The second-order valence-electron chi connectivity index (χ2n) is 4.18. The monoisotopic (exact) mass is 242 g/mol. The third kappa shape index (κ3) is 2.27. The van der Waals surface area contributed by atoms with E-state index in [1.54, 1.807) is 13.8 Å². The molecule has 0 saturated heterocycles. The minimum Gasteiger partial charge on any atom is -0.481 e. The summed E-state index contributed by atoms with van der Waals surface area (Å²) in [5, 5.41) is 4.65. The van der Waals surface area contributed by atoms with Gasteiger partial charge in [-0.3, -0.25) is 4.79 Å². The first-order chi connectivity index (χ1) is 6.58. The number of carboxylic acid groups (broad SMARTS) is 1. The summed E-state index contributed by atoms with van der Waals surface area (Å²) in [6.07, 6.45) is 0.603. The summed E-state index contributed by atoms with van der Waals surface area (Å²) in [4.78, 5) is 10.6. The molecule has 15 heavy (non-hydrogen) atoms. The van der Waals surface area contributed by atoms with E-state index >= 15 is 0 Å². The van der Waals surface area contributed by atoms with Crippen LogP contribution in [0, 0.1) is 17.3 Å². The molecule has 0 radical (unpaired) electrons. The lowest BCUT2D eigenvalue weighted by Crippen LogP contribution is -2.07. The van der Waals surface area contributed by atoms with Crippen molar-refractivity contribution in [1.29, 1.82) is 0 Å². The highest BCUT2D eigenvalue weighted by molar-refractivity contribution is 6.23. The van der Waals surface area contributed by atoms with Crippen molar-refractivity contribution >= 4 is 17.6 Å². The molecule has 0 unspecified atom stereocenters. The molecule has 0 amide bonds. The molecular weight excluding hydrogens is 233 g/mol. The normalized spacial score (nSPS) is 30.1. The molecule has 0 aliphatic heterocycles. The third-order valence-corrected chi connectivity index (χ3v) is 2.95. The SMILES string of the molecule is CC1(C)[C@H](C=C(F)C(F)(F)Cl)[C@H]1C(=O)O. The number of rotatable bonds is 3. The number of allylic oxidation sites excluding steroid dienone is 2. The topological polar surface area (TPSA) is 37.3 Å². The van der Waals surface area contributed by atoms with Crippen molar-refractivity contribution in [2.75, 3.05) is 0 Å². The van der Waals surface area contributed by atoms with E-state index in [9.17, 15) is 18.0 Å². The molecule has 1 N–H and O–H groups in total. The zero-order chi connectivity index (χ0) is 12.0. The third-order valence-electron chi connectivity index (χ3n) is 2.77. The van der Waals surface area contributed by atoms with E-state index in [-0.39, 0.29) is 0 Å².